The Balaban J connectivity index is 2.06. The molecule has 0 saturated carbocycles. The van der Waals surface area contributed by atoms with Crippen LogP contribution < -0.4 is 5.32 Å². The third kappa shape index (κ3) is 2.82. The lowest BCUT2D eigenvalue weighted by atomic mass is 10.2. The van der Waals surface area contributed by atoms with Crippen molar-refractivity contribution in [3.05, 3.63) is 29.4 Å². The molecule has 0 aliphatic carbocycles. The van der Waals surface area contributed by atoms with Crippen LogP contribution in [-0.4, -0.2) is 22.2 Å². The Bertz CT molecular complexity index is 550. The number of aromatic nitrogens is 2. The van der Waals surface area contributed by atoms with Crippen LogP contribution in [0.15, 0.2) is 24.3 Å². The van der Waals surface area contributed by atoms with Gasteiger partial charge in [-0.2, -0.15) is 5.10 Å². The molecular formula is C13H16ClN3O. The molecule has 4 nitrogen and oxygen atoms in total. The maximum Gasteiger partial charge on any atom is 0.221 e. The molecule has 1 heterocycles. The lowest BCUT2D eigenvalue weighted by Crippen LogP contribution is -2.25. The van der Waals surface area contributed by atoms with Gasteiger partial charge in [0.1, 0.15) is 0 Å². The predicted molar refractivity (Wildman–Crippen MR) is 72.7 cm³/mol. The second-order valence-corrected chi connectivity index (χ2v) is 4.49. The molecule has 1 aromatic carbocycles. The van der Waals surface area contributed by atoms with Gasteiger partial charge >= 0.3 is 0 Å². The van der Waals surface area contributed by atoms with Crippen molar-refractivity contribution in [2.75, 3.05) is 6.54 Å². The highest BCUT2D eigenvalue weighted by molar-refractivity contribution is 6.34. The monoisotopic (exact) mass is 265 g/mol. The van der Waals surface area contributed by atoms with E-state index < -0.39 is 0 Å². The van der Waals surface area contributed by atoms with Crippen molar-refractivity contribution in [3.8, 4) is 0 Å². The number of hydrogen-bond acceptors (Lipinski definition) is 2. The van der Waals surface area contributed by atoms with Gasteiger partial charge in [-0.25, -0.2) is 0 Å². The fraction of sp³-hybridized carbons (Fsp3) is 0.385. The van der Waals surface area contributed by atoms with Crippen molar-refractivity contribution in [1.82, 2.24) is 15.1 Å². The Morgan fingerprint density at radius 1 is 1.44 bits per heavy atom. The summed E-state index contributed by atoms with van der Waals surface area (Å²) in [7, 11) is 0. The topological polar surface area (TPSA) is 46.9 Å². The van der Waals surface area contributed by atoms with Crippen molar-refractivity contribution in [2.45, 2.75) is 26.3 Å². The molecule has 1 aromatic heterocycles. The minimum atomic E-state index is 0.0487. The average molecular weight is 266 g/mol. The Kier molecular flexibility index (Phi) is 4.20. The van der Waals surface area contributed by atoms with E-state index in [-0.39, 0.29) is 5.91 Å². The van der Waals surface area contributed by atoms with Gasteiger partial charge in [0.25, 0.3) is 0 Å². The van der Waals surface area contributed by atoms with Gasteiger partial charge in [0.15, 0.2) is 5.15 Å². The summed E-state index contributed by atoms with van der Waals surface area (Å²) in [5, 5.41) is 8.50. The van der Waals surface area contributed by atoms with Gasteiger partial charge in [0, 0.05) is 18.4 Å². The summed E-state index contributed by atoms with van der Waals surface area (Å²) in [6.07, 6.45) is 1.37. The molecule has 96 valence electrons. The fourth-order valence-electron chi connectivity index (χ4n) is 1.82. The number of carbonyl (C=O) groups excluding carboxylic acids is 1. The molecule has 2 aromatic rings. The van der Waals surface area contributed by atoms with Crippen LogP contribution in [0, 0.1) is 0 Å². The maximum absolute atomic E-state index is 11.5. The van der Waals surface area contributed by atoms with Gasteiger partial charge in [-0.15, -0.1) is 0 Å². The summed E-state index contributed by atoms with van der Waals surface area (Å²) in [4.78, 5) is 11.5. The number of fused-ring (bicyclic) bond motifs is 1. The number of nitrogens with one attached hydrogen (secondary N) is 1. The number of benzene rings is 1. The van der Waals surface area contributed by atoms with Gasteiger partial charge in [-0.3, -0.25) is 9.48 Å². The molecule has 18 heavy (non-hydrogen) atoms. The van der Waals surface area contributed by atoms with Crippen LogP contribution in [-0.2, 0) is 11.3 Å². The Hall–Kier alpha value is -1.55. The predicted octanol–water partition coefficient (Wildman–Crippen LogP) is 2.61. The van der Waals surface area contributed by atoms with Crippen LogP contribution in [0.25, 0.3) is 10.9 Å². The number of hydrogen-bond donors (Lipinski definition) is 1. The number of rotatable bonds is 5. The SMILES string of the molecule is CCCNC(=O)CCn1nc(Cl)c2ccccc21. The van der Waals surface area contributed by atoms with Gasteiger partial charge in [-0.1, -0.05) is 30.7 Å². The maximum atomic E-state index is 11.5. The number of carbonyl (C=O) groups is 1. The molecule has 1 N–H and O–H groups in total. The van der Waals surface area contributed by atoms with Gasteiger partial charge in [0.05, 0.1) is 12.1 Å². The third-order valence-electron chi connectivity index (χ3n) is 2.74. The van der Waals surface area contributed by atoms with Crippen LogP contribution in [0.3, 0.4) is 0 Å². The van der Waals surface area contributed by atoms with Crippen molar-refractivity contribution >= 4 is 28.4 Å². The van der Waals surface area contributed by atoms with E-state index in [1.165, 1.54) is 0 Å². The number of aryl methyl sites for hydroxylation is 1. The van der Waals surface area contributed by atoms with Gasteiger partial charge in [-0.05, 0) is 18.6 Å². The number of amides is 1. The summed E-state index contributed by atoms with van der Waals surface area (Å²) >= 11 is 6.04. The summed E-state index contributed by atoms with van der Waals surface area (Å²) in [5.74, 6) is 0.0487. The van der Waals surface area contributed by atoms with Gasteiger partial charge < -0.3 is 5.32 Å². The molecule has 0 fully saturated rings. The van der Waals surface area contributed by atoms with E-state index in [4.69, 9.17) is 11.6 Å². The zero-order chi connectivity index (χ0) is 13.0. The smallest absolute Gasteiger partial charge is 0.221 e. The summed E-state index contributed by atoms with van der Waals surface area (Å²) < 4.78 is 1.78. The van der Waals surface area contributed by atoms with Crippen molar-refractivity contribution < 1.29 is 4.79 Å². The highest BCUT2D eigenvalue weighted by Crippen LogP contribution is 2.22. The first-order valence-electron chi connectivity index (χ1n) is 6.10. The molecule has 0 unspecified atom stereocenters. The Morgan fingerprint density at radius 2 is 2.22 bits per heavy atom. The normalized spacial score (nSPS) is 10.8. The van der Waals surface area contributed by atoms with Crippen LogP contribution >= 0.6 is 11.6 Å². The number of nitrogens with zero attached hydrogens (tertiary/aromatic N) is 2. The molecule has 0 atom stereocenters. The van der Waals surface area contributed by atoms with E-state index in [9.17, 15) is 4.79 Å². The van der Waals surface area contributed by atoms with E-state index >= 15 is 0 Å². The minimum Gasteiger partial charge on any atom is -0.356 e. The largest absolute Gasteiger partial charge is 0.356 e. The molecule has 1 amide bonds. The lowest BCUT2D eigenvalue weighted by Gasteiger charge is -2.04. The highest BCUT2D eigenvalue weighted by Gasteiger charge is 2.09. The Morgan fingerprint density at radius 3 is 3.00 bits per heavy atom. The van der Waals surface area contributed by atoms with E-state index in [0.717, 1.165) is 23.9 Å². The van der Waals surface area contributed by atoms with E-state index in [2.05, 4.69) is 10.4 Å². The third-order valence-corrected chi connectivity index (χ3v) is 3.01. The van der Waals surface area contributed by atoms with Crippen LogP contribution in [0.1, 0.15) is 19.8 Å². The van der Waals surface area contributed by atoms with Crippen molar-refractivity contribution in [1.29, 1.82) is 0 Å². The fourth-order valence-corrected chi connectivity index (χ4v) is 2.07. The summed E-state index contributed by atoms with van der Waals surface area (Å²) in [6.45, 7) is 3.29. The minimum absolute atomic E-state index is 0.0487. The first-order chi connectivity index (χ1) is 8.72. The quantitative estimate of drug-likeness (QED) is 0.903. The van der Waals surface area contributed by atoms with Crippen LogP contribution in [0.4, 0.5) is 0 Å². The molecule has 5 heteroatoms. The second-order valence-electron chi connectivity index (χ2n) is 4.13. The van der Waals surface area contributed by atoms with E-state index in [0.29, 0.717) is 18.1 Å². The first-order valence-corrected chi connectivity index (χ1v) is 6.48. The number of para-hydroxylation sites is 1. The molecule has 0 radical (unpaired) electrons. The average Bonchev–Trinajstić information content (AvgIpc) is 2.71. The standard InChI is InChI=1S/C13H16ClN3O/c1-2-8-15-12(18)7-9-17-11-6-4-3-5-10(11)13(14)16-17/h3-6H,2,7-9H2,1H3,(H,15,18). The molecule has 0 saturated heterocycles. The van der Waals surface area contributed by atoms with Crippen molar-refractivity contribution in [2.24, 2.45) is 0 Å². The van der Waals surface area contributed by atoms with Crippen molar-refractivity contribution in [3.63, 3.8) is 0 Å². The first kappa shape index (κ1) is 12.9. The Labute approximate surface area is 111 Å². The summed E-state index contributed by atoms with van der Waals surface area (Å²) in [6, 6.07) is 7.75. The highest BCUT2D eigenvalue weighted by atomic mass is 35.5. The molecule has 2 rings (SSSR count). The van der Waals surface area contributed by atoms with E-state index in [1.807, 2.05) is 31.2 Å². The van der Waals surface area contributed by atoms with E-state index in [1.54, 1.807) is 4.68 Å². The molecule has 0 spiro atoms. The molecular weight excluding hydrogens is 250 g/mol. The molecule has 0 bridgehead atoms. The second kappa shape index (κ2) is 5.87. The van der Waals surface area contributed by atoms with Crippen LogP contribution in [0.2, 0.25) is 5.15 Å². The van der Waals surface area contributed by atoms with Gasteiger partial charge in [0.2, 0.25) is 5.91 Å². The number of halogens is 1. The van der Waals surface area contributed by atoms with Crippen LogP contribution in [0.5, 0.6) is 0 Å². The lowest BCUT2D eigenvalue weighted by molar-refractivity contribution is -0.121. The molecule has 0 aliphatic rings. The molecule has 0 aliphatic heterocycles. The zero-order valence-corrected chi connectivity index (χ0v) is 11.1. The summed E-state index contributed by atoms with van der Waals surface area (Å²) in [5.41, 5.74) is 0.964. The zero-order valence-electron chi connectivity index (χ0n) is 10.3.